The second-order valence-corrected chi connectivity index (χ2v) is 6.23. The summed E-state index contributed by atoms with van der Waals surface area (Å²) in [5.74, 6) is 0.864. The molecule has 21 heavy (non-hydrogen) atoms. The highest BCUT2D eigenvalue weighted by atomic mass is 79.9. The smallest absolute Gasteiger partial charge is 0.133 e. The van der Waals surface area contributed by atoms with E-state index in [9.17, 15) is 0 Å². The van der Waals surface area contributed by atoms with Crippen molar-refractivity contribution in [3.8, 4) is 5.75 Å². The summed E-state index contributed by atoms with van der Waals surface area (Å²) in [5, 5.41) is 3.65. The van der Waals surface area contributed by atoms with Crippen LogP contribution in [0.5, 0.6) is 5.75 Å². The van der Waals surface area contributed by atoms with E-state index in [1.165, 1.54) is 11.1 Å². The molecule has 0 aliphatic carbocycles. The number of ether oxygens (including phenoxy) is 1. The molecule has 3 heteroatoms. The zero-order chi connectivity index (χ0) is 15.2. The van der Waals surface area contributed by atoms with Gasteiger partial charge in [0.15, 0.2) is 0 Å². The van der Waals surface area contributed by atoms with Crippen molar-refractivity contribution in [3.63, 3.8) is 0 Å². The van der Waals surface area contributed by atoms with Crippen LogP contribution in [0.25, 0.3) is 0 Å². The summed E-state index contributed by atoms with van der Waals surface area (Å²) in [6, 6.07) is 17.5. The van der Waals surface area contributed by atoms with Gasteiger partial charge in [0.25, 0.3) is 0 Å². The van der Waals surface area contributed by atoms with Crippen molar-refractivity contribution in [1.82, 2.24) is 5.32 Å². The van der Waals surface area contributed by atoms with Gasteiger partial charge in [-0.3, -0.25) is 0 Å². The fraction of sp³-hybridized carbons (Fsp3) is 0.333. The van der Waals surface area contributed by atoms with Gasteiger partial charge in [0.05, 0.1) is 11.6 Å². The van der Waals surface area contributed by atoms with Crippen LogP contribution in [0.1, 0.15) is 31.0 Å². The Morgan fingerprint density at radius 2 is 1.81 bits per heavy atom. The fourth-order valence-electron chi connectivity index (χ4n) is 2.50. The lowest BCUT2D eigenvalue weighted by molar-refractivity contribution is 0.411. The van der Waals surface area contributed by atoms with Crippen molar-refractivity contribution in [3.05, 3.63) is 64.1 Å². The highest BCUT2D eigenvalue weighted by molar-refractivity contribution is 9.10. The van der Waals surface area contributed by atoms with Gasteiger partial charge < -0.3 is 10.1 Å². The molecule has 0 bridgehead atoms. The first-order valence-electron chi connectivity index (χ1n) is 7.23. The number of methoxy groups -OCH3 is 1. The third-order valence-corrected chi connectivity index (χ3v) is 4.21. The van der Waals surface area contributed by atoms with Crippen LogP contribution in [0.15, 0.2) is 53.0 Å². The molecular formula is C18H22BrNO. The minimum absolute atomic E-state index is 0.297. The lowest BCUT2D eigenvalue weighted by atomic mass is 10.0. The lowest BCUT2D eigenvalue weighted by Gasteiger charge is -2.21. The van der Waals surface area contributed by atoms with Gasteiger partial charge in [-0.1, -0.05) is 36.4 Å². The van der Waals surface area contributed by atoms with Crippen LogP contribution >= 0.6 is 15.9 Å². The monoisotopic (exact) mass is 347 g/mol. The molecule has 0 amide bonds. The first kappa shape index (κ1) is 16.1. The summed E-state index contributed by atoms with van der Waals surface area (Å²) in [6.07, 6.45) is 1.03. The molecule has 0 heterocycles. The van der Waals surface area contributed by atoms with Gasteiger partial charge in [0.2, 0.25) is 0 Å². The molecule has 0 aliphatic heterocycles. The van der Waals surface area contributed by atoms with E-state index in [4.69, 9.17) is 4.74 Å². The van der Waals surface area contributed by atoms with Gasteiger partial charge in [-0.05, 0) is 59.5 Å². The van der Waals surface area contributed by atoms with Crippen molar-refractivity contribution in [2.24, 2.45) is 0 Å². The average molecular weight is 348 g/mol. The van der Waals surface area contributed by atoms with Crippen molar-refractivity contribution < 1.29 is 4.74 Å². The summed E-state index contributed by atoms with van der Waals surface area (Å²) in [5.41, 5.74) is 2.61. The van der Waals surface area contributed by atoms with Gasteiger partial charge in [-0.2, -0.15) is 0 Å². The third-order valence-electron chi connectivity index (χ3n) is 3.60. The second-order valence-electron chi connectivity index (χ2n) is 5.37. The van der Waals surface area contributed by atoms with Crippen LogP contribution in [-0.4, -0.2) is 13.2 Å². The van der Waals surface area contributed by atoms with Crippen molar-refractivity contribution in [1.29, 1.82) is 0 Å². The number of hydrogen-bond acceptors (Lipinski definition) is 2. The van der Waals surface area contributed by atoms with Crippen LogP contribution in [0.2, 0.25) is 0 Å². The molecule has 2 aromatic carbocycles. The van der Waals surface area contributed by atoms with Crippen molar-refractivity contribution in [2.75, 3.05) is 7.11 Å². The Labute approximate surface area is 135 Å². The van der Waals surface area contributed by atoms with Crippen LogP contribution in [0.3, 0.4) is 0 Å². The van der Waals surface area contributed by atoms with Gasteiger partial charge >= 0.3 is 0 Å². The van der Waals surface area contributed by atoms with E-state index in [-0.39, 0.29) is 0 Å². The number of hydrogen-bond donors (Lipinski definition) is 1. The minimum atomic E-state index is 0.297. The van der Waals surface area contributed by atoms with E-state index in [0.29, 0.717) is 12.1 Å². The van der Waals surface area contributed by atoms with E-state index < -0.39 is 0 Å². The average Bonchev–Trinajstić information content (AvgIpc) is 2.48. The predicted octanol–water partition coefficient (Wildman–Crippen LogP) is 4.74. The van der Waals surface area contributed by atoms with Crippen LogP contribution in [0, 0.1) is 0 Å². The third kappa shape index (κ3) is 4.58. The van der Waals surface area contributed by atoms with E-state index in [1.807, 2.05) is 6.07 Å². The molecule has 0 aromatic heterocycles. The predicted molar refractivity (Wildman–Crippen MR) is 91.9 cm³/mol. The molecule has 0 saturated heterocycles. The van der Waals surface area contributed by atoms with E-state index in [2.05, 4.69) is 77.6 Å². The Bertz CT molecular complexity index is 571. The first-order chi connectivity index (χ1) is 10.1. The highest BCUT2D eigenvalue weighted by Gasteiger charge is 2.11. The summed E-state index contributed by atoms with van der Waals surface area (Å²) in [4.78, 5) is 0. The molecule has 112 valence electrons. The Hall–Kier alpha value is -1.32. The second kappa shape index (κ2) is 7.62. The molecule has 0 fully saturated rings. The molecule has 0 spiro atoms. The highest BCUT2D eigenvalue weighted by Crippen LogP contribution is 2.28. The number of rotatable bonds is 6. The Balaban J connectivity index is 1.97. The number of halogens is 1. The van der Waals surface area contributed by atoms with E-state index in [0.717, 1.165) is 16.6 Å². The topological polar surface area (TPSA) is 21.3 Å². The van der Waals surface area contributed by atoms with Crippen molar-refractivity contribution in [2.45, 2.75) is 32.4 Å². The fourth-order valence-corrected chi connectivity index (χ4v) is 3.06. The maximum atomic E-state index is 5.27. The normalized spacial score (nSPS) is 13.7. The molecule has 1 N–H and O–H groups in total. The maximum absolute atomic E-state index is 5.27. The zero-order valence-electron chi connectivity index (χ0n) is 12.8. The zero-order valence-corrected chi connectivity index (χ0v) is 14.4. The number of benzene rings is 2. The maximum Gasteiger partial charge on any atom is 0.133 e. The van der Waals surface area contributed by atoms with Crippen LogP contribution < -0.4 is 10.1 Å². The summed E-state index contributed by atoms with van der Waals surface area (Å²) >= 11 is 3.54. The minimum Gasteiger partial charge on any atom is -0.496 e. The molecule has 0 aliphatic rings. The molecule has 2 rings (SSSR count). The van der Waals surface area contributed by atoms with Gasteiger partial charge in [0, 0.05) is 12.1 Å². The Morgan fingerprint density at radius 3 is 2.43 bits per heavy atom. The first-order valence-corrected chi connectivity index (χ1v) is 8.03. The van der Waals surface area contributed by atoms with Crippen molar-refractivity contribution >= 4 is 15.9 Å². The molecule has 0 saturated carbocycles. The number of nitrogens with one attached hydrogen (secondary N) is 1. The molecule has 2 aromatic rings. The molecule has 2 atom stereocenters. The quantitative estimate of drug-likeness (QED) is 0.814. The largest absolute Gasteiger partial charge is 0.496 e. The lowest BCUT2D eigenvalue weighted by Crippen LogP contribution is -2.30. The summed E-state index contributed by atoms with van der Waals surface area (Å²) in [7, 11) is 1.68. The molecule has 0 radical (unpaired) electrons. The van der Waals surface area contributed by atoms with Gasteiger partial charge in [0.1, 0.15) is 5.75 Å². The molecular weight excluding hydrogens is 326 g/mol. The standard InChI is InChI=1S/C18H22BrNO/c1-13(11-15-7-5-4-6-8-15)20-14(2)16-9-10-18(21-3)17(19)12-16/h4-10,12-14,20H,11H2,1-3H3. The Kier molecular flexibility index (Phi) is 5.83. The SMILES string of the molecule is COc1ccc(C(C)NC(C)Cc2ccccc2)cc1Br. The Morgan fingerprint density at radius 1 is 1.10 bits per heavy atom. The van der Waals surface area contributed by atoms with E-state index in [1.54, 1.807) is 7.11 Å². The summed E-state index contributed by atoms with van der Waals surface area (Å²) in [6.45, 7) is 4.41. The van der Waals surface area contributed by atoms with Gasteiger partial charge in [-0.15, -0.1) is 0 Å². The van der Waals surface area contributed by atoms with Gasteiger partial charge in [-0.25, -0.2) is 0 Å². The van der Waals surface area contributed by atoms with E-state index >= 15 is 0 Å². The summed E-state index contributed by atoms with van der Waals surface area (Å²) < 4.78 is 6.26. The van der Waals surface area contributed by atoms with Crippen LogP contribution in [0.4, 0.5) is 0 Å². The molecule has 2 nitrogen and oxygen atoms in total. The van der Waals surface area contributed by atoms with Crippen LogP contribution in [-0.2, 0) is 6.42 Å². The molecule has 2 unspecified atom stereocenters.